The molecule has 18 heavy (non-hydrogen) atoms. The third kappa shape index (κ3) is 1.75. The molecule has 0 aliphatic carbocycles. The molecule has 0 fully saturated rings. The Labute approximate surface area is 103 Å². The fourth-order valence-electron chi connectivity index (χ4n) is 2.42. The Morgan fingerprint density at radius 1 is 1.39 bits per heavy atom. The first-order chi connectivity index (χ1) is 8.65. The zero-order chi connectivity index (χ0) is 12.7. The fraction of sp³-hybridized carbons (Fsp3) is 0.308. The zero-order valence-electron chi connectivity index (χ0n) is 9.95. The van der Waals surface area contributed by atoms with E-state index in [9.17, 15) is 8.78 Å². The molecule has 2 heterocycles. The summed E-state index contributed by atoms with van der Waals surface area (Å²) in [6.45, 7) is 2.63. The molecule has 3 nitrogen and oxygen atoms in total. The molecule has 0 spiro atoms. The summed E-state index contributed by atoms with van der Waals surface area (Å²) in [6.07, 6.45) is 2.64. The predicted octanol–water partition coefficient (Wildman–Crippen LogP) is 2.87. The molecule has 0 saturated heterocycles. The summed E-state index contributed by atoms with van der Waals surface area (Å²) >= 11 is 0. The highest BCUT2D eigenvalue weighted by molar-refractivity contribution is 5.36. The van der Waals surface area contributed by atoms with Crippen molar-refractivity contribution >= 4 is 5.95 Å². The number of nitrogens with one attached hydrogen (secondary N) is 1. The average Bonchev–Trinajstić information content (AvgIpc) is 2.69. The molecule has 1 atom stereocenters. The first-order valence-corrected chi connectivity index (χ1v) is 5.89. The Bertz CT molecular complexity index is 592. The van der Waals surface area contributed by atoms with Crippen molar-refractivity contribution in [3.8, 4) is 0 Å². The number of fused-ring (bicyclic) bond motifs is 1. The normalized spacial score (nSPS) is 18.3. The number of hydrogen-bond acceptors (Lipinski definition) is 2. The van der Waals surface area contributed by atoms with E-state index in [-0.39, 0.29) is 6.04 Å². The predicted molar refractivity (Wildman–Crippen MR) is 64.6 cm³/mol. The van der Waals surface area contributed by atoms with Crippen molar-refractivity contribution < 1.29 is 8.78 Å². The maximum absolute atomic E-state index is 13.8. The van der Waals surface area contributed by atoms with Gasteiger partial charge in [0.1, 0.15) is 11.6 Å². The molecule has 1 aromatic carbocycles. The van der Waals surface area contributed by atoms with E-state index in [4.69, 9.17) is 0 Å². The van der Waals surface area contributed by atoms with Gasteiger partial charge in [-0.05, 0) is 19.4 Å². The molecule has 1 aliphatic rings. The number of rotatable bonds is 1. The van der Waals surface area contributed by atoms with Crippen LogP contribution < -0.4 is 5.32 Å². The number of imidazole rings is 1. The minimum Gasteiger partial charge on any atom is -0.356 e. The molecular formula is C13H13F2N3. The molecule has 0 amide bonds. The fourth-order valence-corrected chi connectivity index (χ4v) is 2.42. The van der Waals surface area contributed by atoms with Gasteiger partial charge in [0.25, 0.3) is 0 Å². The van der Waals surface area contributed by atoms with E-state index in [0.717, 1.165) is 30.7 Å². The topological polar surface area (TPSA) is 29.9 Å². The number of anilines is 1. The molecule has 0 saturated carbocycles. The van der Waals surface area contributed by atoms with Crippen LogP contribution in [0.5, 0.6) is 0 Å². The number of aryl methyl sites for hydroxylation is 1. The van der Waals surface area contributed by atoms with Crippen molar-refractivity contribution in [3.63, 3.8) is 0 Å². The van der Waals surface area contributed by atoms with Crippen LogP contribution in [0.4, 0.5) is 14.7 Å². The maximum atomic E-state index is 13.8. The van der Waals surface area contributed by atoms with Crippen molar-refractivity contribution in [3.05, 3.63) is 47.3 Å². The monoisotopic (exact) mass is 249 g/mol. The Morgan fingerprint density at radius 2 is 2.22 bits per heavy atom. The summed E-state index contributed by atoms with van der Waals surface area (Å²) in [5.41, 5.74) is 1.39. The highest BCUT2D eigenvalue weighted by atomic mass is 19.1. The minimum absolute atomic E-state index is 0.122. The van der Waals surface area contributed by atoms with Crippen LogP contribution in [-0.4, -0.2) is 16.1 Å². The standard InChI is InChI=1S/C13H13F2N3/c1-8-7-18-12(4-5-16-13(18)17-8)10-3-2-9(14)6-11(10)15/h2-3,6-7,12H,4-5H2,1H3,(H,16,17). The largest absolute Gasteiger partial charge is 0.356 e. The van der Waals surface area contributed by atoms with Gasteiger partial charge in [-0.25, -0.2) is 13.8 Å². The van der Waals surface area contributed by atoms with E-state index in [0.29, 0.717) is 5.56 Å². The van der Waals surface area contributed by atoms with Crippen LogP contribution in [0.1, 0.15) is 23.7 Å². The first kappa shape index (κ1) is 11.2. The summed E-state index contributed by atoms with van der Waals surface area (Å²) in [6, 6.07) is 3.62. The molecule has 1 unspecified atom stereocenters. The maximum Gasteiger partial charge on any atom is 0.203 e. The van der Waals surface area contributed by atoms with Gasteiger partial charge in [0.2, 0.25) is 5.95 Å². The quantitative estimate of drug-likeness (QED) is 0.842. The van der Waals surface area contributed by atoms with Gasteiger partial charge in [-0.15, -0.1) is 0 Å². The second kappa shape index (κ2) is 4.08. The van der Waals surface area contributed by atoms with Crippen molar-refractivity contribution in [2.45, 2.75) is 19.4 Å². The number of benzene rings is 1. The molecule has 5 heteroatoms. The Hall–Kier alpha value is -1.91. The average molecular weight is 249 g/mol. The van der Waals surface area contributed by atoms with Gasteiger partial charge in [0, 0.05) is 24.4 Å². The van der Waals surface area contributed by atoms with Gasteiger partial charge < -0.3 is 9.88 Å². The van der Waals surface area contributed by atoms with Crippen LogP contribution in [0.2, 0.25) is 0 Å². The minimum atomic E-state index is -0.549. The molecule has 1 N–H and O–H groups in total. The van der Waals surface area contributed by atoms with Gasteiger partial charge in [-0.3, -0.25) is 0 Å². The van der Waals surface area contributed by atoms with Crippen molar-refractivity contribution in [2.75, 3.05) is 11.9 Å². The third-order valence-corrected chi connectivity index (χ3v) is 3.21. The van der Waals surface area contributed by atoms with Crippen molar-refractivity contribution in [1.29, 1.82) is 0 Å². The van der Waals surface area contributed by atoms with Gasteiger partial charge in [0.05, 0.1) is 11.7 Å². The lowest BCUT2D eigenvalue weighted by Gasteiger charge is -2.26. The van der Waals surface area contributed by atoms with E-state index in [1.165, 1.54) is 12.1 Å². The third-order valence-electron chi connectivity index (χ3n) is 3.21. The van der Waals surface area contributed by atoms with Crippen LogP contribution in [0, 0.1) is 18.6 Å². The van der Waals surface area contributed by atoms with Crippen LogP contribution in [0.3, 0.4) is 0 Å². The molecule has 94 valence electrons. The molecule has 1 aliphatic heterocycles. The molecule has 1 aromatic heterocycles. The number of hydrogen-bond donors (Lipinski definition) is 1. The summed E-state index contributed by atoms with van der Waals surface area (Å²) in [4.78, 5) is 4.33. The lowest BCUT2D eigenvalue weighted by molar-refractivity contribution is 0.490. The van der Waals surface area contributed by atoms with Gasteiger partial charge in [-0.1, -0.05) is 6.07 Å². The van der Waals surface area contributed by atoms with Gasteiger partial charge in [-0.2, -0.15) is 0 Å². The molecular weight excluding hydrogens is 236 g/mol. The van der Waals surface area contributed by atoms with Crippen LogP contribution in [-0.2, 0) is 0 Å². The van der Waals surface area contributed by atoms with E-state index in [1.54, 1.807) is 0 Å². The highest BCUT2D eigenvalue weighted by Crippen LogP contribution is 2.31. The lowest BCUT2D eigenvalue weighted by atomic mass is 10.0. The zero-order valence-corrected chi connectivity index (χ0v) is 9.95. The SMILES string of the molecule is Cc1cn2c(n1)NCCC2c1ccc(F)cc1F. The van der Waals surface area contributed by atoms with Gasteiger partial charge >= 0.3 is 0 Å². The summed E-state index contributed by atoms with van der Waals surface area (Å²) < 4.78 is 28.7. The number of nitrogens with zero attached hydrogens (tertiary/aromatic N) is 2. The molecule has 0 radical (unpaired) electrons. The first-order valence-electron chi connectivity index (χ1n) is 5.89. The highest BCUT2D eigenvalue weighted by Gasteiger charge is 2.24. The van der Waals surface area contributed by atoms with Crippen LogP contribution in [0.15, 0.2) is 24.4 Å². The second-order valence-electron chi connectivity index (χ2n) is 4.51. The summed E-state index contributed by atoms with van der Waals surface area (Å²) in [5, 5.41) is 3.17. The van der Waals surface area contributed by atoms with Crippen LogP contribution >= 0.6 is 0 Å². The second-order valence-corrected chi connectivity index (χ2v) is 4.51. The van der Waals surface area contributed by atoms with Gasteiger partial charge in [0.15, 0.2) is 0 Å². The van der Waals surface area contributed by atoms with Crippen LogP contribution in [0.25, 0.3) is 0 Å². The molecule has 2 aromatic rings. The summed E-state index contributed by atoms with van der Waals surface area (Å²) in [7, 11) is 0. The van der Waals surface area contributed by atoms with E-state index < -0.39 is 11.6 Å². The Morgan fingerprint density at radius 3 is 3.00 bits per heavy atom. The number of aromatic nitrogens is 2. The van der Waals surface area contributed by atoms with E-state index in [2.05, 4.69) is 10.3 Å². The Balaban J connectivity index is 2.07. The molecule has 0 bridgehead atoms. The van der Waals surface area contributed by atoms with E-state index in [1.807, 2.05) is 17.7 Å². The van der Waals surface area contributed by atoms with E-state index >= 15 is 0 Å². The summed E-state index contributed by atoms with van der Waals surface area (Å²) in [5.74, 6) is -0.307. The van der Waals surface area contributed by atoms with Crippen molar-refractivity contribution in [1.82, 2.24) is 9.55 Å². The Kier molecular flexibility index (Phi) is 2.54. The lowest BCUT2D eigenvalue weighted by Crippen LogP contribution is -2.24. The molecule has 3 rings (SSSR count). The number of halogens is 2. The smallest absolute Gasteiger partial charge is 0.203 e. The van der Waals surface area contributed by atoms with Crippen molar-refractivity contribution in [2.24, 2.45) is 0 Å².